The maximum atomic E-state index is 13.7. The van der Waals surface area contributed by atoms with Crippen molar-refractivity contribution in [1.82, 2.24) is 14.5 Å². The topological polar surface area (TPSA) is 118 Å². The third-order valence-corrected chi connectivity index (χ3v) is 10.4. The Bertz CT molecular complexity index is 1660. The van der Waals surface area contributed by atoms with E-state index in [9.17, 15) is 50.0 Å². The van der Waals surface area contributed by atoms with Crippen molar-refractivity contribution < 1.29 is 54.7 Å². The van der Waals surface area contributed by atoms with E-state index in [1.54, 1.807) is 27.4 Å². The lowest BCUT2D eigenvalue weighted by molar-refractivity contribution is -0.158. The Kier molecular flexibility index (Phi) is 10.6. The fourth-order valence-corrected chi connectivity index (χ4v) is 7.20. The average molecular weight is 733 g/mol. The SMILES string of the molecule is Cc1cc(C(=O)N2CCC(O)(CF)CC2)cc(C)c1/C=C/[S+]([O-])N1CCC2(CC1)N=C(c1ccc(OCC(F)(F)F)c(C(F)(F)F)c1)NC2=O. The van der Waals surface area contributed by atoms with Crippen LogP contribution in [0.5, 0.6) is 5.75 Å². The van der Waals surface area contributed by atoms with Gasteiger partial charge in [-0.25, -0.2) is 4.39 Å². The minimum Gasteiger partial charge on any atom is -0.593 e. The van der Waals surface area contributed by atoms with Crippen LogP contribution < -0.4 is 10.1 Å². The fourth-order valence-electron chi connectivity index (χ4n) is 6.23. The van der Waals surface area contributed by atoms with Gasteiger partial charge in [-0.05, 0) is 92.6 Å². The van der Waals surface area contributed by atoms with Crippen molar-refractivity contribution in [3.8, 4) is 5.75 Å². The lowest BCUT2D eigenvalue weighted by Crippen LogP contribution is -2.50. The molecular weight excluding hydrogens is 697 g/mol. The Morgan fingerprint density at radius 2 is 1.66 bits per heavy atom. The van der Waals surface area contributed by atoms with E-state index in [-0.39, 0.29) is 69.2 Å². The van der Waals surface area contributed by atoms with Crippen LogP contribution in [0.1, 0.15) is 63.9 Å². The van der Waals surface area contributed by atoms with E-state index in [1.165, 1.54) is 5.41 Å². The number of aryl methyl sites for hydroxylation is 2. The number of rotatable bonds is 8. The average Bonchev–Trinajstić information content (AvgIpc) is 3.37. The molecule has 3 aliphatic heterocycles. The maximum Gasteiger partial charge on any atom is 0.422 e. The molecule has 0 aliphatic carbocycles. The number of nitrogens with zero attached hydrogens (tertiary/aromatic N) is 3. The van der Waals surface area contributed by atoms with Crippen LogP contribution in [-0.4, -0.2) is 93.3 Å². The number of benzene rings is 2. The van der Waals surface area contributed by atoms with E-state index in [0.29, 0.717) is 11.6 Å². The van der Waals surface area contributed by atoms with Gasteiger partial charge in [-0.3, -0.25) is 14.6 Å². The largest absolute Gasteiger partial charge is 0.593 e. The summed E-state index contributed by atoms with van der Waals surface area (Å²) in [5.74, 6) is -1.95. The molecule has 0 aromatic heterocycles. The molecule has 2 aromatic rings. The molecule has 2 N–H and O–H groups in total. The highest BCUT2D eigenvalue weighted by Crippen LogP contribution is 2.39. The number of alkyl halides is 7. The first kappa shape index (κ1) is 37.6. The minimum atomic E-state index is -5.04. The van der Waals surface area contributed by atoms with Gasteiger partial charge < -0.3 is 24.6 Å². The lowest BCUT2D eigenvalue weighted by Gasteiger charge is -2.36. The summed E-state index contributed by atoms with van der Waals surface area (Å²) in [6.45, 7) is 1.65. The van der Waals surface area contributed by atoms with Crippen LogP contribution in [0.3, 0.4) is 0 Å². The number of amides is 2. The molecular formula is C33H35F7N4O5S. The second kappa shape index (κ2) is 14.2. The first-order valence-corrected chi connectivity index (χ1v) is 16.9. The summed E-state index contributed by atoms with van der Waals surface area (Å²) < 4.78 is 111. The molecule has 0 bridgehead atoms. The molecule has 1 unspecified atom stereocenters. The van der Waals surface area contributed by atoms with Crippen LogP contribution in [0.4, 0.5) is 30.7 Å². The highest BCUT2D eigenvalue weighted by Gasteiger charge is 2.48. The van der Waals surface area contributed by atoms with E-state index in [4.69, 9.17) is 0 Å². The Balaban J connectivity index is 1.23. The molecule has 0 radical (unpaired) electrons. The summed E-state index contributed by atoms with van der Waals surface area (Å²) in [4.78, 5) is 32.1. The zero-order valence-electron chi connectivity index (χ0n) is 27.1. The number of aliphatic imine (C=N–C) groups is 1. The number of carbonyl (C=O) groups is 2. The number of nitrogens with one attached hydrogen (secondary N) is 1. The molecule has 2 fully saturated rings. The number of ether oxygens (including phenoxy) is 1. The fraction of sp³-hybridized carbons (Fsp3) is 0.485. The lowest BCUT2D eigenvalue weighted by atomic mass is 9.89. The van der Waals surface area contributed by atoms with Gasteiger partial charge in [0.2, 0.25) is 0 Å². The Hall–Kier alpha value is -3.67. The summed E-state index contributed by atoms with van der Waals surface area (Å²) >= 11 is -1.62. The van der Waals surface area contributed by atoms with Gasteiger partial charge in [0.05, 0.1) is 22.5 Å². The Morgan fingerprint density at radius 3 is 2.22 bits per heavy atom. The van der Waals surface area contributed by atoms with E-state index in [0.717, 1.165) is 28.8 Å². The van der Waals surface area contributed by atoms with Crippen molar-refractivity contribution in [2.24, 2.45) is 4.99 Å². The van der Waals surface area contributed by atoms with Gasteiger partial charge in [0, 0.05) is 37.3 Å². The number of hydrogen-bond acceptors (Lipinski definition) is 7. The van der Waals surface area contributed by atoms with Gasteiger partial charge in [-0.1, -0.05) is 0 Å². The number of piperidine rings is 2. The smallest absolute Gasteiger partial charge is 0.422 e. The van der Waals surface area contributed by atoms with Crippen LogP contribution in [-0.2, 0) is 22.3 Å². The van der Waals surface area contributed by atoms with Crippen molar-refractivity contribution in [3.05, 3.63) is 69.1 Å². The molecule has 2 saturated heterocycles. The van der Waals surface area contributed by atoms with Gasteiger partial charge in [0.1, 0.15) is 29.2 Å². The second-order valence-corrected chi connectivity index (χ2v) is 14.1. The number of likely N-dealkylation sites (tertiary alicyclic amines) is 1. The second-order valence-electron chi connectivity index (χ2n) is 12.7. The van der Waals surface area contributed by atoms with Gasteiger partial charge in [0.15, 0.2) is 6.61 Å². The third kappa shape index (κ3) is 8.27. The molecule has 2 amide bonds. The van der Waals surface area contributed by atoms with Crippen molar-refractivity contribution >= 4 is 35.1 Å². The van der Waals surface area contributed by atoms with Crippen molar-refractivity contribution in [1.29, 1.82) is 0 Å². The Labute approximate surface area is 286 Å². The van der Waals surface area contributed by atoms with Crippen LogP contribution in [0.25, 0.3) is 6.08 Å². The van der Waals surface area contributed by atoms with E-state index < -0.39 is 65.4 Å². The molecule has 50 heavy (non-hydrogen) atoms. The van der Waals surface area contributed by atoms with Crippen LogP contribution >= 0.6 is 0 Å². The summed E-state index contributed by atoms with van der Waals surface area (Å²) in [5.41, 5.74) is -1.61. The molecule has 3 heterocycles. The van der Waals surface area contributed by atoms with Crippen LogP contribution in [0.15, 0.2) is 40.7 Å². The van der Waals surface area contributed by atoms with Crippen molar-refractivity contribution in [2.75, 3.05) is 39.5 Å². The number of hydrogen-bond donors (Lipinski definition) is 2. The molecule has 5 rings (SSSR count). The van der Waals surface area contributed by atoms with Gasteiger partial charge in [-0.2, -0.15) is 26.3 Å². The van der Waals surface area contributed by atoms with Gasteiger partial charge in [0.25, 0.3) is 11.8 Å². The molecule has 17 heteroatoms. The molecule has 3 aliphatic rings. The summed E-state index contributed by atoms with van der Waals surface area (Å²) in [6.07, 6.45) is -7.69. The highest BCUT2D eigenvalue weighted by atomic mass is 32.2. The number of halogens is 7. The van der Waals surface area contributed by atoms with Crippen LogP contribution in [0, 0.1) is 13.8 Å². The number of carbonyl (C=O) groups excluding carboxylic acids is 2. The van der Waals surface area contributed by atoms with Crippen LogP contribution in [0.2, 0.25) is 0 Å². The summed E-state index contributed by atoms with van der Waals surface area (Å²) in [5, 5.41) is 14.1. The minimum absolute atomic E-state index is 0.106. The number of aliphatic hydroxyl groups is 1. The molecule has 272 valence electrons. The Morgan fingerprint density at radius 1 is 1.04 bits per heavy atom. The highest BCUT2D eigenvalue weighted by molar-refractivity contribution is 7.92. The predicted molar refractivity (Wildman–Crippen MR) is 170 cm³/mol. The van der Waals surface area contributed by atoms with E-state index in [1.807, 2.05) is 13.8 Å². The molecule has 1 spiro atoms. The molecule has 2 aromatic carbocycles. The summed E-state index contributed by atoms with van der Waals surface area (Å²) in [7, 11) is 0. The van der Waals surface area contributed by atoms with Gasteiger partial charge >= 0.3 is 12.4 Å². The monoisotopic (exact) mass is 732 g/mol. The van der Waals surface area contributed by atoms with E-state index in [2.05, 4.69) is 15.0 Å². The number of amidine groups is 1. The summed E-state index contributed by atoms with van der Waals surface area (Å²) in [6, 6.07) is 5.84. The molecule has 9 nitrogen and oxygen atoms in total. The van der Waals surface area contributed by atoms with E-state index >= 15 is 0 Å². The van der Waals surface area contributed by atoms with Gasteiger partial charge in [-0.15, -0.1) is 4.31 Å². The third-order valence-electron chi connectivity index (χ3n) is 9.16. The quantitative estimate of drug-likeness (QED) is 0.283. The normalized spacial score (nSPS) is 20.3. The predicted octanol–water partition coefficient (Wildman–Crippen LogP) is 5.25. The van der Waals surface area contributed by atoms with Crippen molar-refractivity contribution in [2.45, 2.75) is 63.0 Å². The first-order chi connectivity index (χ1) is 23.3. The molecule has 0 saturated carbocycles. The maximum absolute atomic E-state index is 13.7. The zero-order chi connectivity index (χ0) is 36.6. The standard InChI is InChI=1S/C33H35F7N4O5S/c1-20-15-23(28(45)43-10-6-30(47,18-34)7-11-43)16-21(2)24(20)5-14-50(48)44-12-8-31(9-13-44)29(46)41-27(42-31)22-3-4-26(49-19-32(35,36)37)25(17-22)33(38,39)40/h3-5,14-17,47H,6-13,18-19H2,1-2H3,(H,41,42,46)/b14-5+. The molecule has 1 atom stereocenters. The van der Waals surface area contributed by atoms with Crippen molar-refractivity contribution in [3.63, 3.8) is 0 Å². The first-order valence-electron chi connectivity index (χ1n) is 15.7. The zero-order valence-corrected chi connectivity index (χ0v) is 27.9.